The molecule has 1 aromatic carbocycles. The summed E-state index contributed by atoms with van der Waals surface area (Å²) >= 11 is 0. The zero-order valence-corrected chi connectivity index (χ0v) is 13.7. The summed E-state index contributed by atoms with van der Waals surface area (Å²) in [5.41, 5.74) is 6.20. The van der Waals surface area contributed by atoms with Gasteiger partial charge in [0.1, 0.15) is 11.5 Å². The molecule has 0 heterocycles. The monoisotopic (exact) mass is 318 g/mol. The van der Waals surface area contributed by atoms with Crippen LogP contribution < -0.4 is 20.5 Å². The first-order chi connectivity index (χ1) is 11.2. The summed E-state index contributed by atoms with van der Waals surface area (Å²) in [7, 11) is 1.64. The van der Waals surface area contributed by atoms with Gasteiger partial charge in [-0.25, -0.2) is 0 Å². The van der Waals surface area contributed by atoms with Crippen LogP contribution in [-0.4, -0.2) is 32.2 Å². The Morgan fingerprint density at radius 2 is 1.91 bits per heavy atom. The van der Waals surface area contributed by atoms with E-state index < -0.39 is 0 Å². The summed E-state index contributed by atoms with van der Waals surface area (Å²) in [6.45, 7) is 1.21. The minimum atomic E-state index is 0.0243. The predicted octanol–water partition coefficient (Wildman–Crippen LogP) is 1.95. The van der Waals surface area contributed by atoms with Gasteiger partial charge < -0.3 is 20.5 Å². The number of ether oxygens (including phenoxy) is 2. The van der Waals surface area contributed by atoms with Gasteiger partial charge in [-0.15, -0.1) is 0 Å². The molecule has 0 radical (unpaired) electrons. The van der Waals surface area contributed by atoms with Crippen LogP contribution in [-0.2, 0) is 4.79 Å². The van der Waals surface area contributed by atoms with Gasteiger partial charge in [0.25, 0.3) is 0 Å². The molecule has 126 valence electrons. The van der Waals surface area contributed by atoms with Crippen LogP contribution in [0.3, 0.4) is 0 Å². The predicted molar refractivity (Wildman–Crippen MR) is 88.4 cm³/mol. The molecule has 1 amide bonds. The van der Waals surface area contributed by atoms with E-state index in [-0.39, 0.29) is 17.9 Å². The van der Waals surface area contributed by atoms with Crippen LogP contribution >= 0.6 is 0 Å². The van der Waals surface area contributed by atoms with Crippen LogP contribution in [0.2, 0.25) is 0 Å². The second kappa shape index (κ2) is 7.21. The molecule has 0 aliphatic heterocycles. The molecule has 0 aromatic heterocycles. The SMILES string of the molecule is COc1ccc(OCCCNC(=O)C2C3CCC(C3)C2N)cc1. The van der Waals surface area contributed by atoms with Gasteiger partial charge in [-0.2, -0.15) is 0 Å². The summed E-state index contributed by atoms with van der Waals surface area (Å²) in [6.07, 6.45) is 4.29. The molecular weight excluding hydrogens is 292 g/mol. The zero-order chi connectivity index (χ0) is 16.2. The molecule has 2 saturated carbocycles. The smallest absolute Gasteiger partial charge is 0.224 e. The molecule has 2 fully saturated rings. The molecule has 2 aliphatic rings. The van der Waals surface area contributed by atoms with Gasteiger partial charge in [-0.3, -0.25) is 4.79 Å². The number of carbonyl (C=O) groups is 1. The average Bonchev–Trinajstić information content (AvgIpc) is 3.16. The van der Waals surface area contributed by atoms with Gasteiger partial charge in [0, 0.05) is 12.6 Å². The van der Waals surface area contributed by atoms with E-state index in [9.17, 15) is 4.79 Å². The highest BCUT2D eigenvalue weighted by Crippen LogP contribution is 2.47. The van der Waals surface area contributed by atoms with Crippen molar-refractivity contribution in [2.75, 3.05) is 20.3 Å². The molecule has 2 aliphatic carbocycles. The molecule has 23 heavy (non-hydrogen) atoms. The molecule has 5 nitrogen and oxygen atoms in total. The van der Waals surface area contributed by atoms with Gasteiger partial charge in [0.05, 0.1) is 19.6 Å². The van der Waals surface area contributed by atoms with Gasteiger partial charge in [-0.1, -0.05) is 0 Å². The van der Waals surface area contributed by atoms with E-state index in [2.05, 4.69) is 5.32 Å². The Hall–Kier alpha value is -1.75. The van der Waals surface area contributed by atoms with Crippen molar-refractivity contribution in [2.45, 2.75) is 31.7 Å². The first-order valence-electron chi connectivity index (χ1n) is 8.49. The van der Waals surface area contributed by atoms with Gasteiger partial charge >= 0.3 is 0 Å². The van der Waals surface area contributed by atoms with Crippen molar-refractivity contribution in [1.29, 1.82) is 0 Å². The van der Waals surface area contributed by atoms with Crippen LogP contribution in [0.25, 0.3) is 0 Å². The lowest BCUT2D eigenvalue weighted by atomic mass is 9.84. The lowest BCUT2D eigenvalue weighted by Gasteiger charge is -2.27. The molecule has 4 atom stereocenters. The van der Waals surface area contributed by atoms with Crippen molar-refractivity contribution in [3.8, 4) is 11.5 Å². The normalized spacial score (nSPS) is 28.6. The van der Waals surface area contributed by atoms with E-state index >= 15 is 0 Å². The number of nitrogens with two attached hydrogens (primary N) is 1. The molecule has 3 N–H and O–H groups in total. The second-order valence-corrected chi connectivity index (χ2v) is 6.60. The van der Waals surface area contributed by atoms with E-state index in [1.165, 1.54) is 6.42 Å². The highest BCUT2D eigenvalue weighted by molar-refractivity contribution is 5.80. The van der Waals surface area contributed by atoms with Crippen LogP contribution in [0.1, 0.15) is 25.7 Å². The first kappa shape index (κ1) is 16.1. The van der Waals surface area contributed by atoms with Gasteiger partial charge in [0.15, 0.2) is 0 Å². The third kappa shape index (κ3) is 3.61. The summed E-state index contributed by atoms with van der Waals surface area (Å²) in [5.74, 6) is 2.85. The Morgan fingerprint density at radius 1 is 1.22 bits per heavy atom. The number of carbonyl (C=O) groups excluding carboxylic acids is 1. The maximum atomic E-state index is 12.3. The standard InChI is InChI=1S/C18H26N2O3/c1-22-14-5-7-15(8-6-14)23-10-2-9-20-18(21)16-12-3-4-13(11-12)17(16)19/h5-8,12-13,16-17H,2-4,9-11,19H2,1H3,(H,20,21). The number of fused-ring (bicyclic) bond motifs is 2. The van der Waals surface area contributed by atoms with Crippen molar-refractivity contribution < 1.29 is 14.3 Å². The average molecular weight is 318 g/mol. The van der Waals surface area contributed by atoms with E-state index in [1.54, 1.807) is 7.11 Å². The number of nitrogens with one attached hydrogen (secondary N) is 1. The lowest BCUT2D eigenvalue weighted by molar-refractivity contribution is -0.127. The quantitative estimate of drug-likeness (QED) is 0.754. The van der Waals surface area contributed by atoms with Crippen molar-refractivity contribution in [1.82, 2.24) is 5.32 Å². The van der Waals surface area contributed by atoms with E-state index in [0.29, 0.717) is 25.0 Å². The zero-order valence-electron chi connectivity index (χ0n) is 13.7. The number of methoxy groups -OCH3 is 1. The number of benzene rings is 1. The van der Waals surface area contributed by atoms with Crippen LogP contribution in [0.15, 0.2) is 24.3 Å². The molecule has 3 rings (SSSR count). The summed E-state index contributed by atoms with van der Waals surface area (Å²) in [6, 6.07) is 7.56. The highest BCUT2D eigenvalue weighted by atomic mass is 16.5. The summed E-state index contributed by atoms with van der Waals surface area (Å²) < 4.78 is 10.8. The largest absolute Gasteiger partial charge is 0.497 e. The Balaban J connectivity index is 1.34. The van der Waals surface area contributed by atoms with E-state index in [4.69, 9.17) is 15.2 Å². The molecule has 2 bridgehead atoms. The third-order valence-corrected chi connectivity index (χ3v) is 5.23. The Labute approximate surface area is 137 Å². The highest BCUT2D eigenvalue weighted by Gasteiger charge is 2.48. The van der Waals surface area contributed by atoms with Crippen LogP contribution in [0.5, 0.6) is 11.5 Å². The Bertz CT molecular complexity index is 530. The number of hydrogen-bond donors (Lipinski definition) is 2. The summed E-state index contributed by atoms with van der Waals surface area (Å²) in [5, 5.41) is 3.03. The molecule has 5 heteroatoms. The van der Waals surface area contributed by atoms with Crippen molar-refractivity contribution in [3.63, 3.8) is 0 Å². The lowest BCUT2D eigenvalue weighted by Crippen LogP contribution is -2.45. The number of hydrogen-bond acceptors (Lipinski definition) is 4. The van der Waals surface area contributed by atoms with Crippen molar-refractivity contribution in [2.24, 2.45) is 23.5 Å². The fraction of sp³-hybridized carbons (Fsp3) is 0.611. The minimum Gasteiger partial charge on any atom is -0.497 e. The molecular formula is C18H26N2O3. The summed E-state index contributed by atoms with van der Waals surface area (Å²) in [4.78, 5) is 12.3. The van der Waals surface area contributed by atoms with Gasteiger partial charge in [0.2, 0.25) is 5.91 Å². The molecule has 1 aromatic rings. The van der Waals surface area contributed by atoms with E-state index in [1.807, 2.05) is 24.3 Å². The van der Waals surface area contributed by atoms with Gasteiger partial charge in [-0.05, 0) is 61.8 Å². The topological polar surface area (TPSA) is 73.6 Å². The minimum absolute atomic E-state index is 0.0243. The molecule has 0 saturated heterocycles. The maximum absolute atomic E-state index is 12.3. The third-order valence-electron chi connectivity index (χ3n) is 5.23. The Morgan fingerprint density at radius 3 is 2.57 bits per heavy atom. The molecule has 4 unspecified atom stereocenters. The fourth-order valence-corrected chi connectivity index (χ4v) is 3.99. The fourth-order valence-electron chi connectivity index (χ4n) is 3.99. The van der Waals surface area contributed by atoms with E-state index in [0.717, 1.165) is 30.8 Å². The van der Waals surface area contributed by atoms with Crippen LogP contribution in [0, 0.1) is 17.8 Å². The molecule has 0 spiro atoms. The maximum Gasteiger partial charge on any atom is 0.224 e. The first-order valence-corrected chi connectivity index (χ1v) is 8.49. The number of rotatable bonds is 7. The Kier molecular flexibility index (Phi) is 5.06. The number of amides is 1. The second-order valence-electron chi connectivity index (χ2n) is 6.60. The van der Waals surface area contributed by atoms with Crippen molar-refractivity contribution >= 4 is 5.91 Å². The van der Waals surface area contributed by atoms with Crippen molar-refractivity contribution in [3.05, 3.63) is 24.3 Å². The van der Waals surface area contributed by atoms with Crippen LogP contribution in [0.4, 0.5) is 0 Å².